The van der Waals surface area contributed by atoms with Crippen LogP contribution in [0.4, 0.5) is 0 Å². The first-order valence-corrected chi connectivity index (χ1v) is 38.8. The Morgan fingerprint density at radius 1 is 0.362 bits per heavy atom. The van der Waals surface area contributed by atoms with Gasteiger partial charge in [0.15, 0.2) is 0 Å². The number of rotatable bonds is 55. The topological polar surface area (TPSA) is 85.4 Å². The molecule has 0 amide bonds. The van der Waals surface area contributed by atoms with Crippen LogP contribution in [-0.4, -0.2) is 120 Å². The van der Waals surface area contributed by atoms with Gasteiger partial charge in [-0.25, -0.2) is 0 Å². The first-order chi connectivity index (χ1) is 33.6. The van der Waals surface area contributed by atoms with E-state index in [1.54, 1.807) is 32.4 Å². The average Bonchev–Trinajstić information content (AvgIpc) is 3.32. The van der Waals surface area contributed by atoms with E-state index in [0.29, 0.717) is 26.1 Å². The van der Waals surface area contributed by atoms with Crippen molar-refractivity contribution < 1.29 is 28.6 Å². The minimum atomic E-state index is -0.199. The summed E-state index contributed by atoms with van der Waals surface area (Å²) in [6.07, 6.45) is 33.6. The molecule has 0 N–H and O–H groups in total. The standard InChI is InChI=1S/C52H102N2O6S9/c1-8-11-14-17-20-23-26-29-41-61-67-64-44-47(4)58-50(55)33-38-53(7)36-32-37-54(39-34-51(56)59-48(5)45-65-68-62-42-30-27-24-21-18-15-12-9-2)40-35-52(57)60-49(6)46-66-69-63-43-31-28-25-22-19-16-13-10-3/h47-49H,8-46H2,1-7H3. The monoisotopic (exact) mass is 1140 g/mol. The van der Waals surface area contributed by atoms with Crippen molar-refractivity contribution in [3.05, 3.63) is 0 Å². The maximum atomic E-state index is 13.0. The molecular weight excluding hydrogens is 1040 g/mol. The van der Waals surface area contributed by atoms with Gasteiger partial charge >= 0.3 is 17.9 Å². The minimum Gasteiger partial charge on any atom is -0.462 e. The Morgan fingerprint density at radius 3 is 0.971 bits per heavy atom. The lowest BCUT2D eigenvalue weighted by molar-refractivity contribution is -0.148. The van der Waals surface area contributed by atoms with Crippen LogP contribution in [0.2, 0.25) is 0 Å². The maximum absolute atomic E-state index is 13.0. The second kappa shape index (κ2) is 55.7. The van der Waals surface area contributed by atoms with Crippen LogP contribution in [0.5, 0.6) is 0 Å². The molecule has 0 spiro atoms. The largest absolute Gasteiger partial charge is 0.462 e. The predicted molar refractivity (Wildman–Crippen MR) is 324 cm³/mol. The Morgan fingerprint density at radius 2 is 0.652 bits per heavy atom. The van der Waals surface area contributed by atoms with Gasteiger partial charge in [-0.3, -0.25) is 14.4 Å². The van der Waals surface area contributed by atoms with E-state index in [0.717, 1.165) is 36.8 Å². The molecule has 0 aliphatic heterocycles. The molecule has 69 heavy (non-hydrogen) atoms. The number of carbonyl (C=O) groups is 3. The van der Waals surface area contributed by atoms with Gasteiger partial charge in [0.25, 0.3) is 0 Å². The van der Waals surface area contributed by atoms with Crippen molar-refractivity contribution in [1.29, 1.82) is 0 Å². The summed E-state index contributed by atoms with van der Waals surface area (Å²) < 4.78 is 17.3. The summed E-state index contributed by atoms with van der Waals surface area (Å²) in [6.45, 7) is 15.9. The van der Waals surface area contributed by atoms with Gasteiger partial charge in [-0.2, -0.15) is 0 Å². The van der Waals surface area contributed by atoms with Crippen molar-refractivity contribution in [3.63, 3.8) is 0 Å². The van der Waals surface area contributed by atoms with Gasteiger partial charge in [-0.1, -0.05) is 220 Å². The highest BCUT2D eigenvalue weighted by atomic mass is 33.5. The molecule has 0 rings (SSSR count). The van der Waals surface area contributed by atoms with Crippen molar-refractivity contribution >= 4 is 112 Å². The molecule has 0 bridgehead atoms. The van der Waals surface area contributed by atoms with Crippen molar-refractivity contribution in [2.45, 2.75) is 240 Å². The van der Waals surface area contributed by atoms with Crippen molar-refractivity contribution in [2.24, 2.45) is 0 Å². The van der Waals surface area contributed by atoms with Gasteiger partial charge in [0.05, 0.1) is 19.3 Å². The highest BCUT2D eigenvalue weighted by Crippen LogP contribution is 2.37. The Labute approximate surface area is 460 Å². The minimum absolute atomic E-state index is 0.112. The zero-order valence-electron chi connectivity index (χ0n) is 44.8. The molecule has 0 heterocycles. The van der Waals surface area contributed by atoms with E-state index in [-0.39, 0.29) is 49.1 Å². The van der Waals surface area contributed by atoms with Gasteiger partial charge in [-0.15, -0.1) is 0 Å². The summed E-state index contributed by atoms with van der Waals surface area (Å²) in [5, 5.41) is 0. The lowest BCUT2D eigenvalue weighted by atomic mass is 10.1. The molecule has 0 aromatic carbocycles. The van der Waals surface area contributed by atoms with Gasteiger partial charge in [-0.05, 0) is 96.1 Å². The average molecular weight is 1140 g/mol. The first-order valence-electron chi connectivity index (χ1n) is 27.3. The quantitative estimate of drug-likeness (QED) is 0.0250. The van der Waals surface area contributed by atoms with E-state index in [2.05, 4.69) is 30.6 Å². The smallest absolute Gasteiger partial charge is 0.307 e. The number of nitrogens with zero attached hydrogens (tertiary/aromatic N) is 2. The number of carbonyl (C=O) groups excluding carboxylic acids is 3. The maximum Gasteiger partial charge on any atom is 0.307 e. The molecule has 410 valence electrons. The molecule has 0 aliphatic rings. The predicted octanol–water partition coefficient (Wildman–Crippen LogP) is 18.1. The molecule has 3 unspecified atom stereocenters. The highest BCUT2D eigenvalue weighted by molar-refractivity contribution is 9.10. The fourth-order valence-corrected chi connectivity index (χ4v) is 19.2. The van der Waals surface area contributed by atoms with Crippen LogP contribution in [0.1, 0.15) is 221 Å². The Balaban J connectivity index is 4.61. The molecule has 0 saturated heterocycles. The number of ether oxygens (including phenoxy) is 3. The summed E-state index contributed by atoms with van der Waals surface area (Å²) in [6, 6.07) is 0. The van der Waals surface area contributed by atoms with Crippen molar-refractivity contribution in [3.8, 4) is 0 Å². The van der Waals surface area contributed by atoms with E-state index in [1.165, 1.54) is 171 Å². The summed E-state index contributed by atoms with van der Waals surface area (Å²) in [7, 11) is 18.5. The number of hydrogen-bond donors (Lipinski definition) is 0. The second-order valence-corrected chi connectivity index (χ2v) is 31.8. The molecule has 3 atom stereocenters. The van der Waals surface area contributed by atoms with Crippen molar-refractivity contribution in [1.82, 2.24) is 9.80 Å². The fraction of sp³-hybridized carbons (Fsp3) is 0.942. The SMILES string of the molecule is CCCCCCCCCCSSSCC(C)OC(=O)CCN(C)CCCN(CCC(=O)OC(C)CSSSCCCCCCCCCC)CCC(=O)OC(C)CSSSCCCCCCCCCC. The highest BCUT2D eigenvalue weighted by Gasteiger charge is 2.17. The zero-order chi connectivity index (χ0) is 50.7. The second-order valence-electron chi connectivity index (χ2n) is 18.6. The molecular formula is C52H102N2O6S9. The summed E-state index contributed by atoms with van der Waals surface area (Å²) in [5.41, 5.74) is 0. The molecule has 0 aromatic heterocycles. The van der Waals surface area contributed by atoms with Gasteiger partial charge < -0.3 is 24.0 Å². The Kier molecular flexibility index (Phi) is 56.9. The van der Waals surface area contributed by atoms with Crippen LogP contribution in [0, 0.1) is 0 Å². The van der Waals surface area contributed by atoms with Crippen LogP contribution in [-0.2, 0) is 28.6 Å². The molecule has 0 saturated carbocycles. The molecule has 0 aliphatic carbocycles. The van der Waals surface area contributed by atoms with E-state index < -0.39 is 0 Å². The zero-order valence-corrected chi connectivity index (χ0v) is 52.2. The van der Waals surface area contributed by atoms with Gasteiger partial charge in [0.2, 0.25) is 0 Å². The van der Waals surface area contributed by atoms with E-state index >= 15 is 0 Å². The van der Waals surface area contributed by atoms with Gasteiger partial charge in [0.1, 0.15) is 18.3 Å². The molecule has 17 heteroatoms. The summed E-state index contributed by atoms with van der Waals surface area (Å²) >= 11 is 0. The summed E-state index contributed by atoms with van der Waals surface area (Å²) in [5.74, 6) is 5.27. The third-order valence-corrected chi connectivity index (χ3v) is 24.8. The Bertz CT molecular complexity index is 1090. The van der Waals surface area contributed by atoms with E-state index in [4.69, 9.17) is 14.2 Å². The molecule has 0 aromatic rings. The molecule has 0 fully saturated rings. The van der Waals surface area contributed by atoms with Crippen LogP contribution in [0.25, 0.3) is 0 Å². The van der Waals surface area contributed by atoms with Crippen molar-refractivity contribution in [2.75, 3.05) is 74.3 Å². The lowest BCUT2D eigenvalue weighted by Crippen LogP contribution is -2.34. The van der Waals surface area contributed by atoms with Crippen LogP contribution < -0.4 is 0 Å². The third kappa shape index (κ3) is 54.1. The number of esters is 3. The third-order valence-electron chi connectivity index (χ3n) is 11.4. The number of unbranched alkanes of at least 4 members (excludes halogenated alkanes) is 21. The van der Waals surface area contributed by atoms with Crippen LogP contribution >= 0.6 is 94.2 Å². The summed E-state index contributed by atoms with van der Waals surface area (Å²) in [4.78, 5) is 42.9. The Hall–Kier alpha value is 1.48. The fourth-order valence-electron chi connectivity index (χ4n) is 7.20. The lowest BCUT2D eigenvalue weighted by Gasteiger charge is -2.24. The normalized spacial score (nSPS) is 13.0. The number of hydrogen-bond acceptors (Lipinski definition) is 17. The molecule has 0 radical (unpaired) electrons. The van der Waals surface area contributed by atoms with E-state index in [9.17, 15) is 14.4 Å². The van der Waals surface area contributed by atoms with Crippen LogP contribution in [0.3, 0.4) is 0 Å². The van der Waals surface area contributed by atoms with E-state index in [1.807, 2.05) is 89.7 Å². The van der Waals surface area contributed by atoms with Crippen LogP contribution in [0.15, 0.2) is 0 Å². The van der Waals surface area contributed by atoms with Gasteiger partial charge in [0, 0.05) is 54.2 Å². The first kappa shape index (κ1) is 70.5. The molecule has 8 nitrogen and oxygen atoms in total.